The standard InChI is InChI=1S/C23H18/c1-3-10-18(11-4-1)20-14-7-8-15-22(20)23-17-9-16-21(23)19-12-5-2-6-13-19/h1-16H,17H2. The molecule has 0 bridgehead atoms. The van der Waals surface area contributed by atoms with Crippen molar-refractivity contribution in [1.82, 2.24) is 0 Å². The van der Waals surface area contributed by atoms with Crippen molar-refractivity contribution in [2.24, 2.45) is 0 Å². The molecule has 0 heteroatoms. The molecule has 0 atom stereocenters. The van der Waals surface area contributed by atoms with Crippen molar-refractivity contribution in [1.29, 1.82) is 0 Å². The van der Waals surface area contributed by atoms with Gasteiger partial charge in [-0.3, -0.25) is 0 Å². The molecule has 0 fully saturated rings. The van der Waals surface area contributed by atoms with Crippen molar-refractivity contribution in [3.63, 3.8) is 0 Å². The van der Waals surface area contributed by atoms with Crippen LogP contribution in [0.5, 0.6) is 0 Å². The number of rotatable bonds is 3. The monoisotopic (exact) mass is 294 g/mol. The molecule has 0 nitrogen and oxygen atoms in total. The van der Waals surface area contributed by atoms with Gasteiger partial charge in [0.05, 0.1) is 0 Å². The second kappa shape index (κ2) is 6.10. The third-order valence-corrected chi connectivity index (χ3v) is 4.35. The summed E-state index contributed by atoms with van der Waals surface area (Å²) in [6.07, 6.45) is 5.51. The molecule has 0 unspecified atom stereocenters. The first-order chi connectivity index (χ1) is 11.4. The van der Waals surface area contributed by atoms with E-state index in [1.165, 1.54) is 33.4 Å². The van der Waals surface area contributed by atoms with Crippen LogP contribution >= 0.6 is 0 Å². The lowest BCUT2D eigenvalue weighted by Crippen LogP contribution is -1.91. The summed E-state index contributed by atoms with van der Waals surface area (Å²) in [5.41, 5.74) is 7.96. The van der Waals surface area contributed by atoms with E-state index in [9.17, 15) is 0 Å². The van der Waals surface area contributed by atoms with E-state index in [2.05, 4.69) is 97.1 Å². The molecule has 0 heterocycles. The lowest BCUT2D eigenvalue weighted by Gasteiger charge is -2.13. The van der Waals surface area contributed by atoms with Crippen LogP contribution in [0, 0.1) is 0 Å². The van der Waals surface area contributed by atoms with Crippen molar-refractivity contribution in [3.8, 4) is 11.1 Å². The molecule has 23 heavy (non-hydrogen) atoms. The SMILES string of the molecule is C1=CC(c2ccccc2)=C(c2ccccc2-c2ccccc2)C1. The molecule has 0 radical (unpaired) electrons. The minimum Gasteiger partial charge on any atom is -0.0795 e. The molecular formula is C23H18. The zero-order valence-corrected chi connectivity index (χ0v) is 12.9. The molecular weight excluding hydrogens is 276 g/mol. The van der Waals surface area contributed by atoms with Crippen LogP contribution < -0.4 is 0 Å². The molecule has 110 valence electrons. The van der Waals surface area contributed by atoms with Crippen LogP contribution in [0.15, 0.2) is 97.1 Å². The number of hydrogen-bond donors (Lipinski definition) is 0. The molecule has 1 aliphatic carbocycles. The lowest BCUT2D eigenvalue weighted by atomic mass is 9.90. The van der Waals surface area contributed by atoms with Gasteiger partial charge in [-0.2, -0.15) is 0 Å². The summed E-state index contributed by atoms with van der Waals surface area (Å²) in [5.74, 6) is 0. The first-order valence-electron chi connectivity index (χ1n) is 8.03. The molecule has 0 amide bonds. The van der Waals surface area contributed by atoms with Crippen molar-refractivity contribution in [3.05, 3.63) is 108 Å². The first kappa shape index (κ1) is 13.8. The maximum Gasteiger partial charge on any atom is -0.00818 e. The minimum absolute atomic E-state index is 0.994. The van der Waals surface area contributed by atoms with Gasteiger partial charge in [0.15, 0.2) is 0 Å². The quantitative estimate of drug-likeness (QED) is 0.537. The highest BCUT2D eigenvalue weighted by Gasteiger charge is 2.16. The molecule has 0 saturated carbocycles. The van der Waals surface area contributed by atoms with Gasteiger partial charge >= 0.3 is 0 Å². The van der Waals surface area contributed by atoms with Crippen LogP contribution in [0.1, 0.15) is 17.5 Å². The molecule has 4 rings (SSSR count). The van der Waals surface area contributed by atoms with E-state index in [-0.39, 0.29) is 0 Å². The Morgan fingerprint density at radius 1 is 0.522 bits per heavy atom. The van der Waals surface area contributed by atoms with Crippen LogP contribution in [0.3, 0.4) is 0 Å². The van der Waals surface area contributed by atoms with Crippen molar-refractivity contribution < 1.29 is 0 Å². The second-order valence-corrected chi connectivity index (χ2v) is 5.78. The van der Waals surface area contributed by atoms with Crippen LogP contribution in [0.2, 0.25) is 0 Å². The van der Waals surface area contributed by atoms with Gasteiger partial charge in [-0.25, -0.2) is 0 Å². The Bertz CT molecular complexity index is 868. The Balaban J connectivity index is 1.89. The fourth-order valence-electron chi connectivity index (χ4n) is 3.26. The summed E-state index contributed by atoms with van der Waals surface area (Å²) in [7, 11) is 0. The average molecular weight is 294 g/mol. The van der Waals surface area contributed by atoms with Gasteiger partial charge < -0.3 is 0 Å². The molecule has 1 aliphatic rings. The summed E-state index contributed by atoms with van der Waals surface area (Å²) in [4.78, 5) is 0. The van der Waals surface area contributed by atoms with Gasteiger partial charge in [-0.05, 0) is 39.8 Å². The Hall–Kier alpha value is -2.86. The Labute approximate surface area is 137 Å². The normalized spacial score (nSPS) is 13.6. The van der Waals surface area contributed by atoms with Crippen LogP contribution in [-0.2, 0) is 0 Å². The third-order valence-electron chi connectivity index (χ3n) is 4.35. The van der Waals surface area contributed by atoms with Gasteiger partial charge in [-0.1, -0.05) is 97.1 Å². The Morgan fingerprint density at radius 3 is 1.78 bits per heavy atom. The largest absolute Gasteiger partial charge is 0.0795 e. The van der Waals surface area contributed by atoms with E-state index in [1.807, 2.05) is 0 Å². The van der Waals surface area contributed by atoms with Gasteiger partial charge in [0, 0.05) is 0 Å². The molecule has 3 aromatic rings. The zero-order valence-electron chi connectivity index (χ0n) is 12.9. The van der Waals surface area contributed by atoms with Crippen LogP contribution in [0.25, 0.3) is 22.3 Å². The predicted molar refractivity (Wildman–Crippen MR) is 98.9 cm³/mol. The third kappa shape index (κ3) is 2.64. The summed E-state index contributed by atoms with van der Waals surface area (Å²) in [6, 6.07) is 30.0. The second-order valence-electron chi connectivity index (χ2n) is 5.78. The molecule has 0 N–H and O–H groups in total. The zero-order chi connectivity index (χ0) is 15.5. The number of allylic oxidation sites excluding steroid dienone is 4. The van der Waals surface area contributed by atoms with Gasteiger partial charge in [0.2, 0.25) is 0 Å². The maximum atomic E-state index is 2.26. The fraction of sp³-hybridized carbons (Fsp3) is 0.0435. The lowest BCUT2D eigenvalue weighted by molar-refractivity contribution is 1.43. The molecule has 0 aliphatic heterocycles. The summed E-state index contributed by atoms with van der Waals surface area (Å²) in [6.45, 7) is 0. The van der Waals surface area contributed by atoms with Crippen molar-refractivity contribution in [2.45, 2.75) is 6.42 Å². The summed E-state index contributed by atoms with van der Waals surface area (Å²) < 4.78 is 0. The van der Waals surface area contributed by atoms with Gasteiger partial charge in [0.25, 0.3) is 0 Å². The van der Waals surface area contributed by atoms with Crippen LogP contribution in [-0.4, -0.2) is 0 Å². The van der Waals surface area contributed by atoms with Crippen molar-refractivity contribution in [2.75, 3.05) is 0 Å². The van der Waals surface area contributed by atoms with E-state index in [0.29, 0.717) is 0 Å². The average Bonchev–Trinajstić information content (AvgIpc) is 3.13. The van der Waals surface area contributed by atoms with E-state index in [1.54, 1.807) is 0 Å². The van der Waals surface area contributed by atoms with Gasteiger partial charge in [0.1, 0.15) is 0 Å². The molecule has 0 spiro atoms. The maximum absolute atomic E-state index is 2.26. The molecule has 3 aromatic carbocycles. The fourth-order valence-corrected chi connectivity index (χ4v) is 3.26. The topological polar surface area (TPSA) is 0 Å². The molecule has 0 aromatic heterocycles. The van der Waals surface area contributed by atoms with E-state index in [0.717, 1.165) is 6.42 Å². The van der Waals surface area contributed by atoms with Crippen LogP contribution in [0.4, 0.5) is 0 Å². The minimum atomic E-state index is 0.994. The Kier molecular flexibility index (Phi) is 3.65. The van der Waals surface area contributed by atoms with E-state index >= 15 is 0 Å². The van der Waals surface area contributed by atoms with Gasteiger partial charge in [-0.15, -0.1) is 0 Å². The highest BCUT2D eigenvalue weighted by Crippen LogP contribution is 2.39. The Morgan fingerprint density at radius 2 is 1.09 bits per heavy atom. The highest BCUT2D eigenvalue weighted by atomic mass is 14.2. The van der Waals surface area contributed by atoms with E-state index in [4.69, 9.17) is 0 Å². The summed E-state index contributed by atoms with van der Waals surface area (Å²) >= 11 is 0. The number of benzene rings is 3. The smallest absolute Gasteiger partial charge is 0.00818 e. The molecule has 0 saturated heterocycles. The number of hydrogen-bond acceptors (Lipinski definition) is 0. The summed E-state index contributed by atoms with van der Waals surface area (Å²) in [5, 5.41) is 0. The van der Waals surface area contributed by atoms with Crippen molar-refractivity contribution >= 4 is 11.1 Å². The predicted octanol–water partition coefficient (Wildman–Crippen LogP) is 6.22. The first-order valence-corrected chi connectivity index (χ1v) is 8.03. The van der Waals surface area contributed by atoms with E-state index < -0.39 is 0 Å². The highest BCUT2D eigenvalue weighted by molar-refractivity contribution is 6.01.